The first-order valence-corrected chi connectivity index (χ1v) is 6.09. The average Bonchev–Trinajstić information content (AvgIpc) is 2.72. The van der Waals surface area contributed by atoms with E-state index >= 15 is 0 Å². The number of nitrogens with zero attached hydrogens (tertiary/aromatic N) is 2. The highest BCUT2D eigenvalue weighted by atomic mass is 79.9. The molecule has 1 aromatic heterocycles. The molecule has 2 atom stereocenters. The highest BCUT2D eigenvalue weighted by molar-refractivity contribution is 9.10. The largest absolute Gasteiger partial charge is 0.383 e. The molecule has 1 aliphatic heterocycles. The van der Waals surface area contributed by atoms with Gasteiger partial charge < -0.3 is 15.2 Å². The average molecular weight is 304 g/mol. The molecule has 17 heavy (non-hydrogen) atoms. The van der Waals surface area contributed by atoms with Gasteiger partial charge in [0, 0.05) is 13.3 Å². The van der Waals surface area contributed by atoms with E-state index < -0.39 is 5.69 Å². The van der Waals surface area contributed by atoms with Crippen molar-refractivity contribution < 1.29 is 9.47 Å². The van der Waals surface area contributed by atoms with E-state index in [4.69, 9.17) is 15.2 Å². The minimum atomic E-state index is -0.395. The molecule has 2 N–H and O–H groups in total. The van der Waals surface area contributed by atoms with Crippen LogP contribution in [-0.2, 0) is 9.47 Å². The lowest BCUT2D eigenvalue weighted by molar-refractivity contribution is -0.0335. The molecule has 0 aromatic carbocycles. The third kappa shape index (κ3) is 2.67. The third-order valence-corrected chi connectivity index (χ3v) is 3.29. The molecule has 1 aliphatic rings. The molecule has 7 heteroatoms. The number of aromatic nitrogens is 2. The predicted molar refractivity (Wildman–Crippen MR) is 65.6 cm³/mol. The number of hydrogen-bond acceptors (Lipinski definition) is 5. The van der Waals surface area contributed by atoms with Gasteiger partial charge in [-0.3, -0.25) is 4.57 Å². The molecule has 0 amide bonds. The smallest absolute Gasteiger partial charge is 0.351 e. The number of rotatable bonds is 3. The van der Waals surface area contributed by atoms with Gasteiger partial charge in [-0.25, -0.2) is 4.79 Å². The molecule has 0 saturated carbocycles. The van der Waals surface area contributed by atoms with Gasteiger partial charge in [-0.15, -0.1) is 0 Å². The van der Waals surface area contributed by atoms with Gasteiger partial charge in [-0.05, 0) is 28.8 Å². The van der Waals surface area contributed by atoms with Gasteiger partial charge in [0.05, 0.1) is 17.2 Å². The Bertz CT molecular complexity index is 463. The summed E-state index contributed by atoms with van der Waals surface area (Å²) in [5, 5.41) is 0. The van der Waals surface area contributed by atoms with Crippen molar-refractivity contribution in [2.75, 3.05) is 19.5 Å². The van der Waals surface area contributed by atoms with Crippen molar-refractivity contribution in [1.29, 1.82) is 0 Å². The first-order valence-electron chi connectivity index (χ1n) is 5.30. The fourth-order valence-corrected chi connectivity index (χ4v) is 2.17. The summed E-state index contributed by atoms with van der Waals surface area (Å²) < 4.78 is 12.8. The van der Waals surface area contributed by atoms with Gasteiger partial charge in [0.15, 0.2) is 0 Å². The van der Waals surface area contributed by atoms with Crippen LogP contribution in [0, 0.1) is 0 Å². The molecule has 0 aliphatic carbocycles. The Morgan fingerprint density at radius 1 is 1.71 bits per heavy atom. The molecule has 6 nitrogen and oxygen atoms in total. The van der Waals surface area contributed by atoms with E-state index in [9.17, 15) is 4.79 Å². The topological polar surface area (TPSA) is 79.4 Å². The lowest BCUT2D eigenvalue weighted by atomic mass is 10.2. The van der Waals surface area contributed by atoms with Crippen molar-refractivity contribution in [1.82, 2.24) is 9.55 Å². The lowest BCUT2D eigenvalue weighted by Gasteiger charge is -2.15. The molecule has 1 unspecified atom stereocenters. The van der Waals surface area contributed by atoms with E-state index in [1.807, 2.05) is 0 Å². The Labute approximate surface area is 107 Å². The normalized spacial score (nSPS) is 24.1. The van der Waals surface area contributed by atoms with Crippen LogP contribution in [-0.4, -0.2) is 29.4 Å². The summed E-state index contributed by atoms with van der Waals surface area (Å²) in [5.41, 5.74) is 5.14. The lowest BCUT2D eigenvalue weighted by Crippen LogP contribution is -2.28. The van der Waals surface area contributed by atoms with Crippen LogP contribution in [0.3, 0.4) is 0 Å². The Kier molecular flexibility index (Phi) is 3.80. The molecule has 2 heterocycles. The maximum atomic E-state index is 11.7. The van der Waals surface area contributed by atoms with Crippen LogP contribution < -0.4 is 11.4 Å². The summed E-state index contributed by atoms with van der Waals surface area (Å²) in [7, 11) is 1.63. The molecule has 0 bridgehead atoms. The fraction of sp³-hybridized carbons (Fsp3) is 0.600. The van der Waals surface area contributed by atoms with Gasteiger partial charge in [0.2, 0.25) is 0 Å². The van der Waals surface area contributed by atoms with Crippen molar-refractivity contribution in [3.63, 3.8) is 0 Å². The maximum Gasteiger partial charge on any atom is 0.351 e. The van der Waals surface area contributed by atoms with Crippen molar-refractivity contribution >= 4 is 21.7 Å². The summed E-state index contributed by atoms with van der Waals surface area (Å²) in [6, 6.07) is 0. The molecule has 0 spiro atoms. The highest BCUT2D eigenvalue weighted by Gasteiger charge is 2.27. The number of ether oxygens (including phenoxy) is 2. The second kappa shape index (κ2) is 5.16. The number of nitrogen functional groups attached to an aromatic ring is 1. The molecule has 2 rings (SSSR count). The SMILES string of the molecule is COCC1CC[C@H](n2cc(Br)c(N)nc2=O)O1. The van der Waals surface area contributed by atoms with Gasteiger partial charge in [-0.2, -0.15) is 4.98 Å². The zero-order chi connectivity index (χ0) is 12.4. The number of anilines is 1. The summed E-state index contributed by atoms with van der Waals surface area (Å²) in [6.45, 7) is 0.537. The van der Waals surface area contributed by atoms with Crippen molar-refractivity contribution in [2.24, 2.45) is 0 Å². The highest BCUT2D eigenvalue weighted by Crippen LogP contribution is 2.28. The molecule has 1 aromatic rings. The van der Waals surface area contributed by atoms with Crippen LogP contribution in [0.1, 0.15) is 19.1 Å². The second-order valence-electron chi connectivity index (χ2n) is 3.91. The Morgan fingerprint density at radius 3 is 3.18 bits per heavy atom. The molecule has 1 saturated heterocycles. The Hall–Kier alpha value is -0.920. The van der Waals surface area contributed by atoms with Crippen LogP contribution in [0.4, 0.5) is 5.82 Å². The van der Waals surface area contributed by atoms with E-state index in [-0.39, 0.29) is 18.1 Å². The van der Waals surface area contributed by atoms with E-state index in [1.165, 1.54) is 4.57 Å². The van der Waals surface area contributed by atoms with Crippen LogP contribution >= 0.6 is 15.9 Å². The minimum absolute atomic E-state index is 0.0354. The van der Waals surface area contributed by atoms with Crippen LogP contribution in [0.15, 0.2) is 15.5 Å². The first kappa shape index (κ1) is 12.5. The number of methoxy groups -OCH3 is 1. The number of nitrogens with two attached hydrogens (primary N) is 1. The molecular weight excluding hydrogens is 290 g/mol. The molecule has 0 radical (unpaired) electrons. The number of hydrogen-bond donors (Lipinski definition) is 1. The van der Waals surface area contributed by atoms with Crippen molar-refractivity contribution in [3.8, 4) is 0 Å². The monoisotopic (exact) mass is 303 g/mol. The van der Waals surface area contributed by atoms with Gasteiger partial charge in [0.1, 0.15) is 12.0 Å². The van der Waals surface area contributed by atoms with Gasteiger partial charge in [-0.1, -0.05) is 0 Å². The summed E-state index contributed by atoms with van der Waals surface area (Å²) in [4.78, 5) is 15.4. The summed E-state index contributed by atoms with van der Waals surface area (Å²) in [5.74, 6) is 0.192. The quantitative estimate of drug-likeness (QED) is 0.898. The van der Waals surface area contributed by atoms with Crippen molar-refractivity contribution in [2.45, 2.75) is 25.2 Å². The predicted octanol–water partition coefficient (Wildman–Crippen LogP) is 0.912. The molecule has 1 fully saturated rings. The second-order valence-corrected chi connectivity index (χ2v) is 4.76. The maximum absolute atomic E-state index is 11.7. The third-order valence-electron chi connectivity index (χ3n) is 2.68. The minimum Gasteiger partial charge on any atom is -0.383 e. The standard InChI is InChI=1S/C10H14BrN3O3/c1-16-5-6-2-3-8(17-6)14-4-7(11)9(12)13-10(14)15/h4,6,8H,2-3,5H2,1H3,(H2,12,13,15)/t6?,8-/m1/s1. The van der Waals surface area contributed by atoms with Crippen LogP contribution in [0.2, 0.25) is 0 Å². The van der Waals surface area contributed by atoms with Crippen LogP contribution in [0.25, 0.3) is 0 Å². The Morgan fingerprint density at radius 2 is 2.47 bits per heavy atom. The van der Waals surface area contributed by atoms with E-state index in [1.54, 1.807) is 13.3 Å². The van der Waals surface area contributed by atoms with E-state index in [0.717, 1.165) is 12.8 Å². The van der Waals surface area contributed by atoms with Crippen LogP contribution in [0.5, 0.6) is 0 Å². The molecular formula is C10H14BrN3O3. The zero-order valence-electron chi connectivity index (χ0n) is 9.43. The molecule has 94 valence electrons. The number of halogens is 1. The Balaban J connectivity index is 2.19. The van der Waals surface area contributed by atoms with E-state index in [0.29, 0.717) is 11.1 Å². The van der Waals surface area contributed by atoms with Gasteiger partial charge in [0.25, 0.3) is 0 Å². The first-order chi connectivity index (χ1) is 8.11. The van der Waals surface area contributed by atoms with Crippen molar-refractivity contribution in [3.05, 3.63) is 21.2 Å². The summed E-state index contributed by atoms with van der Waals surface area (Å²) in [6.07, 6.45) is 3.00. The fourth-order valence-electron chi connectivity index (χ4n) is 1.86. The van der Waals surface area contributed by atoms with Gasteiger partial charge >= 0.3 is 5.69 Å². The van der Waals surface area contributed by atoms with E-state index in [2.05, 4.69) is 20.9 Å². The summed E-state index contributed by atoms with van der Waals surface area (Å²) >= 11 is 3.25. The zero-order valence-corrected chi connectivity index (χ0v) is 11.0.